The van der Waals surface area contributed by atoms with Crippen LogP contribution in [0.3, 0.4) is 0 Å². The summed E-state index contributed by atoms with van der Waals surface area (Å²) in [7, 11) is -4.98. The summed E-state index contributed by atoms with van der Waals surface area (Å²) in [5, 5.41) is 0. The Kier molecular flexibility index (Phi) is 10.8. The Bertz CT molecular complexity index is 407. The first-order valence-corrected chi connectivity index (χ1v) is 13.1. The molecule has 0 aliphatic heterocycles. The molecule has 25 heavy (non-hydrogen) atoms. The molecule has 0 fully saturated rings. The van der Waals surface area contributed by atoms with Gasteiger partial charge in [0.2, 0.25) is 11.4 Å². The number of alkyl halides is 15. The molecule has 1 nitrogen and oxygen atoms in total. The third-order valence-electron chi connectivity index (χ3n) is 2.76. The predicted octanol–water partition coefficient (Wildman–Crippen LogP) is 9.22. The first-order valence-electron chi connectivity index (χ1n) is 5.53. The summed E-state index contributed by atoms with van der Waals surface area (Å²) in [6.07, 6.45) is 0. The summed E-state index contributed by atoms with van der Waals surface area (Å²) in [6, 6.07) is 0. The van der Waals surface area contributed by atoms with Gasteiger partial charge in [-0.3, -0.25) is 0 Å². The van der Waals surface area contributed by atoms with Gasteiger partial charge >= 0.3 is 8.32 Å². The highest BCUT2D eigenvalue weighted by atomic mass is 35.6. The summed E-state index contributed by atoms with van der Waals surface area (Å²) in [4.78, 5) is 0. The van der Waals surface area contributed by atoms with Gasteiger partial charge in [-0.15, -0.1) is 0 Å². The molecule has 0 bridgehead atoms. The lowest BCUT2D eigenvalue weighted by molar-refractivity contribution is 0.301. The fraction of sp³-hybridized carbons (Fsp3) is 1.00. The van der Waals surface area contributed by atoms with Crippen molar-refractivity contribution in [1.82, 2.24) is 0 Å². The van der Waals surface area contributed by atoms with Gasteiger partial charge in [0, 0.05) is 6.61 Å². The molecule has 0 aromatic carbocycles. The standard InChI is InChI=1S/C8H5Cl15OSi/c1-2-24-25(6(18,19)3(9,10)11,7(20,21)4(12,13)14)8(22,23)5(15,16)17/h2H2,1H3. The molecule has 0 radical (unpaired) electrons. The van der Waals surface area contributed by atoms with Crippen molar-refractivity contribution in [3.05, 3.63) is 0 Å². The van der Waals surface area contributed by atoms with Crippen molar-refractivity contribution in [2.45, 2.75) is 30.2 Å². The van der Waals surface area contributed by atoms with E-state index in [2.05, 4.69) is 0 Å². The monoisotopic (exact) mass is 670 g/mol. The minimum absolute atomic E-state index is 0.238. The highest BCUT2D eigenvalue weighted by Gasteiger charge is 2.87. The largest absolute Gasteiger partial charge is 0.409 e. The molecular formula is C8H5Cl15OSi. The fourth-order valence-corrected chi connectivity index (χ4v) is 16.5. The molecule has 0 atom stereocenters. The van der Waals surface area contributed by atoms with Crippen LogP contribution in [0.5, 0.6) is 0 Å². The molecule has 0 amide bonds. The Balaban J connectivity index is 7.33. The normalized spacial score (nSPS) is 16.3. The number of hydrogen-bond acceptors (Lipinski definition) is 1. The molecule has 0 spiro atoms. The molecule has 0 aromatic rings. The Morgan fingerprint density at radius 3 is 0.840 bits per heavy atom. The van der Waals surface area contributed by atoms with Crippen LogP contribution in [0.2, 0.25) is 0 Å². The third-order valence-corrected chi connectivity index (χ3v) is 19.5. The van der Waals surface area contributed by atoms with Crippen LogP contribution in [0.15, 0.2) is 0 Å². The van der Waals surface area contributed by atoms with E-state index < -0.39 is 31.6 Å². The average Bonchev–Trinajstić information content (AvgIpc) is 2.30. The molecule has 0 aliphatic carbocycles. The first kappa shape index (κ1) is 29.5. The number of rotatable bonds is 5. The average molecular weight is 677 g/mol. The van der Waals surface area contributed by atoms with Gasteiger partial charge in [-0.2, -0.15) is 0 Å². The molecule has 152 valence electrons. The highest BCUT2D eigenvalue weighted by Crippen LogP contribution is 2.69. The smallest absolute Gasteiger partial charge is 0.316 e. The van der Waals surface area contributed by atoms with Gasteiger partial charge in [-0.1, -0.05) is 174 Å². The third kappa shape index (κ3) is 5.13. The van der Waals surface area contributed by atoms with Crippen LogP contribution in [0.1, 0.15) is 6.92 Å². The van der Waals surface area contributed by atoms with E-state index in [1.54, 1.807) is 0 Å². The number of hydrogen-bond donors (Lipinski definition) is 0. The van der Waals surface area contributed by atoms with E-state index in [1.165, 1.54) is 6.92 Å². The van der Waals surface area contributed by atoms with Gasteiger partial charge in [-0.25, -0.2) is 0 Å². The summed E-state index contributed by atoms with van der Waals surface area (Å²) in [6.45, 7) is 1.21. The fourth-order valence-electron chi connectivity index (χ4n) is 1.68. The molecule has 0 unspecified atom stereocenters. The second-order valence-electron chi connectivity index (χ2n) is 4.33. The zero-order valence-electron chi connectivity index (χ0n) is 11.3. The van der Waals surface area contributed by atoms with Crippen molar-refractivity contribution in [3.63, 3.8) is 0 Å². The van der Waals surface area contributed by atoms with E-state index in [0.717, 1.165) is 0 Å². The second kappa shape index (κ2) is 9.18. The lowest BCUT2D eigenvalue weighted by atomic mass is 10.8. The molecule has 0 saturated carbocycles. The minimum atomic E-state index is -4.98. The summed E-state index contributed by atoms with van der Waals surface area (Å²) >= 11 is 90.8. The van der Waals surface area contributed by atoms with E-state index >= 15 is 0 Å². The highest BCUT2D eigenvalue weighted by molar-refractivity contribution is 7.17. The summed E-state index contributed by atoms with van der Waals surface area (Å²) < 4.78 is -10.2. The lowest BCUT2D eigenvalue weighted by Gasteiger charge is -2.56. The Labute approximate surface area is 220 Å². The molecule has 0 heterocycles. The zero-order chi connectivity index (χ0) is 20.9. The van der Waals surface area contributed by atoms with Gasteiger partial charge in [0.25, 0.3) is 0 Å². The summed E-state index contributed by atoms with van der Waals surface area (Å²) in [5.41, 5.74) is 0. The molecule has 17 heteroatoms. The van der Waals surface area contributed by atoms with Crippen molar-refractivity contribution in [3.8, 4) is 0 Å². The van der Waals surface area contributed by atoms with Gasteiger partial charge < -0.3 is 4.43 Å². The predicted molar refractivity (Wildman–Crippen MR) is 122 cm³/mol. The molecule has 0 aliphatic rings. The molecular weight excluding hydrogens is 672 g/mol. The van der Waals surface area contributed by atoms with Crippen LogP contribution in [0.25, 0.3) is 0 Å². The van der Waals surface area contributed by atoms with Crippen LogP contribution in [-0.2, 0) is 4.43 Å². The topological polar surface area (TPSA) is 9.23 Å². The van der Waals surface area contributed by atoms with E-state index in [9.17, 15) is 0 Å². The lowest BCUT2D eigenvalue weighted by Crippen LogP contribution is -2.83. The van der Waals surface area contributed by atoms with Crippen LogP contribution >= 0.6 is 174 Å². The molecule has 0 N–H and O–H groups in total. The Hall–Kier alpha value is 4.53. The van der Waals surface area contributed by atoms with Crippen molar-refractivity contribution >= 4 is 182 Å². The van der Waals surface area contributed by atoms with E-state index in [0.29, 0.717) is 0 Å². The Morgan fingerprint density at radius 2 is 0.720 bits per heavy atom. The van der Waals surface area contributed by atoms with Crippen LogP contribution in [0, 0.1) is 0 Å². The second-order valence-corrected chi connectivity index (χ2v) is 21.0. The summed E-state index contributed by atoms with van der Waals surface area (Å²) in [5.74, 6) is 0. The maximum absolute atomic E-state index is 6.31. The molecule has 0 rings (SSSR count). The number of halogens is 15. The van der Waals surface area contributed by atoms with Gasteiger partial charge in [0.15, 0.2) is 11.9 Å². The maximum atomic E-state index is 6.31. The minimum Gasteiger partial charge on any atom is -0.409 e. The Morgan fingerprint density at radius 1 is 0.520 bits per heavy atom. The van der Waals surface area contributed by atoms with Gasteiger partial charge in [-0.05, 0) is 6.92 Å². The SMILES string of the molecule is CCO[Si](C(Cl)(Cl)C(Cl)(Cl)Cl)(C(Cl)(Cl)C(Cl)(Cl)Cl)C(Cl)(Cl)C(Cl)(Cl)Cl. The van der Waals surface area contributed by atoms with E-state index in [4.69, 9.17) is 178 Å². The van der Waals surface area contributed by atoms with E-state index in [1.807, 2.05) is 0 Å². The first-order chi connectivity index (χ1) is 10.6. The van der Waals surface area contributed by atoms with Crippen molar-refractivity contribution in [1.29, 1.82) is 0 Å². The maximum Gasteiger partial charge on any atom is 0.316 e. The van der Waals surface area contributed by atoms with Crippen molar-refractivity contribution in [2.24, 2.45) is 0 Å². The van der Waals surface area contributed by atoms with Crippen molar-refractivity contribution < 1.29 is 4.43 Å². The van der Waals surface area contributed by atoms with Crippen LogP contribution in [-0.4, -0.2) is 38.2 Å². The van der Waals surface area contributed by atoms with Crippen LogP contribution < -0.4 is 0 Å². The quantitative estimate of drug-likeness (QED) is 0.209. The van der Waals surface area contributed by atoms with Gasteiger partial charge in [0.05, 0.1) is 0 Å². The van der Waals surface area contributed by atoms with Crippen LogP contribution in [0.4, 0.5) is 0 Å². The van der Waals surface area contributed by atoms with Crippen molar-refractivity contribution in [2.75, 3.05) is 6.61 Å². The molecule has 0 saturated heterocycles. The van der Waals surface area contributed by atoms with Gasteiger partial charge in [0.1, 0.15) is 0 Å². The van der Waals surface area contributed by atoms with E-state index in [-0.39, 0.29) is 6.61 Å². The molecule has 0 aromatic heterocycles. The zero-order valence-corrected chi connectivity index (χ0v) is 23.6.